The van der Waals surface area contributed by atoms with E-state index < -0.39 is 0 Å². The molecule has 2 aliphatic rings. The van der Waals surface area contributed by atoms with Crippen LogP contribution in [0.2, 0.25) is 0 Å². The average Bonchev–Trinajstić information content (AvgIpc) is 2.22. The highest BCUT2D eigenvalue weighted by atomic mass is 15.2. The molecule has 38 valence electrons. The summed E-state index contributed by atoms with van der Waals surface area (Å²) in [5, 5.41) is 8.06. The van der Waals surface area contributed by atoms with Crippen LogP contribution >= 0.6 is 0 Å². The highest BCUT2D eigenvalue weighted by molar-refractivity contribution is 4.88. The molecule has 1 aliphatic carbocycles. The van der Waals surface area contributed by atoms with Crippen LogP contribution in [0.3, 0.4) is 0 Å². The summed E-state index contributed by atoms with van der Waals surface area (Å²) in [5.41, 5.74) is 0. The molecule has 2 nitrogen and oxygen atoms in total. The molecule has 1 saturated carbocycles. The summed E-state index contributed by atoms with van der Waals surface area (Å²) in [6.07, 6.45) is 3.85. The lowest BCUT2D eigenvalue weighted by Crippen LogP contribution is -1.89. The number of hydrogen-bond donors (Lipinski definition) is 0. The fourth-order valence-electron chi connectivity index (χ4n) is 1.33. The maximum Gasteiger partial charge on any atom is 0.0730 e. The molecule has 0 aromatic carbocycles. The molecular formula is C5H8N2. The van der Waals surface area contributed by atoms with Gasteiger partial charge < -0.3 is 0 Å². The summed E-state index contributed by atoms with van der Waals surface area (Å²) in [6.45, 7) is 0. The molecule has 1 fully saturated rings. The summed E-state index contributed by atoms with van der Waals surface area (Å²) in [4.78, 5) is 0. The highest BCUT2D eigenvalue weighted by Crippen LogP contribution is 2.30. The van der Waals surface area contributed by atoms with Crippen molar-refractivity contribution in [3.05, 3.63) is 0 Å². The highest BCUT2D eigenvalue weighted by Gasteiger charge is 2.28. The summed E-state index contributed by atoms with van der Waals surface area (Å²) >= 11 is 0. The first-order valence-electron chi connectivity index (χ1n) is 2.85. The Morgan fingerprint density at radius 1 is 1.00 bits per heavy atom. The van der Waals surface area contributed by atoms with Gasteiger partial charge in [-0.2, -0.15) is 10.2 Å². The Labute approximate surface area is 42.6 Å². The molecule has 0 radical (unpaired) electrons. The van der Waals surface area contributed by atoms with Crippen LogP contribution in [0, 0.1) is 0 Å². The van der Waals surface area contributed by atoms with Crippen LogP contribution in [0.15, 0.2) is 10.2 Å². The molecule has 0 aromatic rings. The fraction of sp³-hybridized carbons (Fsp3) is 1.00. The summed E-state index contributed by atoms with van der Waals surface area (Å²) < 4.78 is 0. The number of rotatable bonds is 0. The Kier molecular flexibility index (Phi) is 0.540. The molecule has 0 unspecified atom stereocenters. The molecule has 0 spiro atoms. The van der Waals surface area contributed by atoms with Gasteiger partial charge in [-0.25, -0.2) is 0 Å². The van der Waals surface area contributed by atoms with Crippen LogP contribution < -0.4 is 0 Å². The molecule has 2 bridgehead atoms. The van der Waals surface area contributed by atoms with Crippen LogP contribution in [0.25, 0.3) is 0 Å². The fourth-order valence-corrected chi connectivity index (χ4v) is 1.33. The van der Waals surface area contributed by atoms with Gasteiger partial charge in [-0.15, -0.1) is 0 Å². The van der Waals surface area contributed by atoms with E-state index in [-0.39, 0.29) is 0 Å². The molecule has 1 heterocycles. The van der Waals surface area contributed by atoms with Crippen LogP contribution in [-0.4, -0.2) is 12.1 Å². The smallest absolute Gasteiger partial charge is 0.0730 e. The standard InChI is InChI=1S/C5H8N2/c1-2-5-3-4(1)6-7-5/h4-5H,1-3H2/t4-,5-/m1/s1. The zero-order valence-electron chi connectivity index (χ0n) is 4.17. The van der Waals surface area contributed by atoms with Gasteiger partial charge in [-0.05, 0) is 19.3 Å². The first kappa shape index (κ1) is 3.58. The first-order valence-corrected chi connectivity index (χ1v) is 2.85. The molecule has 0 N–H and O–H groups in total. The van der Waals surface area contributed by atoms with Crippen molar-refractivity contribution in [1.82, 2.24) is 0 Å². The second kappa shape index (κ2) is 1.05. The van der Waals surface area contributed by atoms with Gasteiger partial charge >= 0.3 is 0 Å². The minimum absolute atomic E-state index is 0.630. The number of hydrogen-bond acceptors (Lipinski definition) is 2. The van der Waals surface area contributed by atoms with Crippen molar-refractivity contribution in [2.75, 3.05) is 0 Å². The molecule has 0 saturated heterocycles. The topological polar surface area (TPSA) is 24.7 Å². The molecule has 0 aromatic heterocycles. The second-order valence-electron chi connectivity index (χ2n) is 2.35. The third kappa shape index (κ3) is 0.392. The van der Waals surface area contributed by atoms with E-state index in [2.05, 4.69) is 10.2 Å². The van der Waals surface area contributed by atoms with Crippen LogP contribution in [0.1, 0.15) is 19.3 Å². The van der Waals surface area contributed by atoms with Crippen molar-refractivity contribution < 1.29 is 0 Å². The zero-order valence-corrected chi connectivity index (χ0v) is 4.17. The summed E-state index contributed by atoms with van der Waals surface area (Å²) in [7, 11) is 0. The average molecular weight is 96.1 g/mol. The monoisotopic (exact) mass is 96.1 g/mol. The van der Waals surface area contributed by atoms with E-state index in [1.807, 2.05) is 0 Å². The van der Waals surface area contributed by atoms with E-state index in [0.717, 1.165) is 0 Å². The van der Waals surface area contributed by atoms with Crippen molar-refractivity contribution in [3.8, 4) is 0 Å². The first-order chi connectivity index (χ1) is 3.45. The van der Waals surface area contributed by atoms with Crippen molar-refractivity contribution in [2.24, 2.45) is 10.2 Å². The van der Waals surface area contributed by atoms with Crippen LogP contribution in [0.5, 0.6) is 0 Å². The summed E-state index contributed by atoms with van der Waals surface area (Å²) in [6, 6.07) is 1.26. The van der Waals surface area contributed by atoms with Gasteiger partial charge in [-0.3, -0.25) is 0 Å². The predicted octanol–water partition coefficient (Wildman–Crippen LogP) is 1.37. The van der Waals surface area contributed by atoms with Crippen molar-refractivity contribution in [2.45, 2.75) is 31.3 Å². The van der Waals surface area contributed by atoms with Gasteiger partial charge in [0, 0.05) is 0 Å². The van der Waals surface area contributed by atoms with E-state index in [1.54, 1.807) is 0 Å². The van der Waals surface area contributed by atoms with Crippen LogP contribution in [0.4, 0.5) is 0 Å². The van der Waals surface area contributed by atoms with Gasteiger partial charge in [0.15, 0.2) is 0 Å². The van der Waals surface area contributed by atoms with E-state index in [4.69, 9.17) is 0 Å². The zero-order chi connectivity index (χ0) is 4.69. The lowest BCUT2D eigenvalue weighted by atomic mass is 10.3. The molecule has 2 rings (SSSR count). The Hall–Kier alpha value is -0.400. The maximum absolute atomic E-state index is 4.03. The molecule has 2 heteroatoms. The van der Waals surface area contributed by atoms with Crippen molar-refractivity contribution in [1.29, 1.82) is 0 Å². The molecule has 7 heavy (non-hydrogen) atoms. The van der Waals surface area contributed by atoms with Crippen molar-refractivity contribution >= 4 is 0 Å². The van der Waals surface area contributed by atoms with Crippen molar-refractivity contribution in [3.63, 3.8) is 0 Å². The molecular weight excluding hydrogens is 88.1 g/mol. The lowest BCUT2D eigenvalue weighted by molar-refractivity contribution is 0.643. The quantitative estimate of drug-likeness (QED) is 0.435. The van der Waals surface area contributed by atoms with Gasteiger partial charge in [0.2, 0.25) is 0 Å². The molecule has 0 amide bonds. The van der Waals surface area contributed by atoms with Gasteiger partial charge in [0.05, 0.1) is 12.1 Å². The Morgan fingerprint density at radius 2 is 1.57 bits per heavy atom. The third-order valence-electron chi connectivity index (χ3n) is 1.77. The van der Waals surface area contributed by atoms with E-state index in [1.165, 1.54) is 19.3 Å². The predicted molar refractivity (Wildman–Crippen MR) is 26.3 cm³/mol. The Morgan fingerprint density at radius 3 is 1.71 bits per heavy atom. The van der Waals surface area contributed by atoms with E-state index >= 15 is 0 Å². The number of nitrogens with zero attached hydrogens (tertiary/aromatic N) is 2. The largest absolute Gasteiger partial charge is 0.190 e. The SMILES string of the molecule is C1C[C@@H]2C[C@@H]1N=N2. The van der Waals surface area contributed by atoms with Gasteiger partial charge in [-0.1, -0.05) is 0 Å². The Bertz CT molecular complexity index is 96.6. The lowest BCUT2D eigenvalue weighted by Gasteiger charge is -1.95. The molecule has 1 aliphatic heterocycles. The van der Waals surface area contributed by atoms with Crippen LogP contribution in [-0.2, 0) is 0 Å². The van der Waals surface area contributed by atoms with E-state index in [0.29, 0.717) is 12.1 Å². The minimum Gasteiger partial charge on any atom is -0.190 e. The Balaban J connectivity index is 2.27. The number of azo groups is 1. The van der Waals surface area contributed by atoms with E-state index in [9.17, 15) is 0 Å². The second-order valence-corrected chi connectivity index (χ2v) is 2.35. The summed E-state index contributed by atoms with van der Waals surface area (Å²) in [5.74, 6) is 0. The van der Waals surface area contributed by atoms with Gasteiger partial charge in [0.25, 0.3) is 0 Å². The third-order valence-corrected chi connectivity index (χ3v) is 1.77. The normalized spacial score (nSPS) is 45.7. The van der Waals surface area contributed by atoms with Gasteiger partial charge in [0.1, 0.15) is 0 Å². The molecule has 2 atom stereocenters. The minimum atomic E-state index is 0.630. The maximum atomic E-state index is 4.03. The number of fused-ring (bicyclic) bond motifs is 2.